The molecule has 0 bridgehead atoms. The van der Waals surface area contributed by atoms with Gasteiger partial charge in [0.05, 0.1) is 23.4 Å². The second kappa shape index (κ2) is 13.2. The Balaban J connectivity index is 0.00000178. The van der Waals surface area contributed by atoms with Gasteiger partial charge in [0, 0.05) is 25.9 Å². The average Bonchev–Trinajstić information content (AvgIpc) is 3.08. The quantitative estimate of drug-likeness (QED) is 0.331. The van der Waals surface area contributed by atoms with Crippen molar-refractivity contribution in [3.05, 3.63) is 63.8 Å². The lowest BCUT2D eigenvalue weighted by Crippen LogP contribution is -2.52. The first kappa shape index (κ1) is 32.0. The maximum absolute atomic E-state index is 13.9. The van der Waals surface area contributed by atoms with Gasteiger partial charge in [0.1, 0.15) is 11.4 Å². The predicted octanol–water partition coefficient (Wildman–Crippen LogP) is 3.43. The monoisotopic (exact) mass is 569 g/mol. The Morgan fingerprint density at radius 1 is 1.02 bits per heavy atom. The van der Waals surface area contributed by atoms with Crippen molar-refractivity contribution in [3.63, 3.8) is 0 Å². The molecular weight excluding hydrogens is 538 g/mol. The van der Waals surface area contributed by atoms with Crippen LogP contribution in [0.1, 0.15) is 56.0 Å². The van der Waals surface area contributed by atoms with Crippen molar-refractivity contribution < 1.29 is 36.7 Å². The number of pyridine rings is 1. The van der Waals surface area contributed by atoms with Gasteiger partial charge in [-0.2, -0.15) is 13.2 Å². The molecule has 1 unspecified atom stereocenters. The smallest absolute Gasteiger partial charge is 0.354 e. The number of hydrogen-bond donors (Lipinski definition) is 3. The van der Waals surface area contributed by atoms with E-state index in [0.717, 1.165) is 4.90 Å². The molecule has 3 rings (SSSR count). The minimum absolute atomic E-state index is 0.0283. The van der Waals surface area contributed by atoms with Crippen LogP contribution in [0, 0.1) is 5.82 Å². The van der Waals surface area contributed by atoms with E-state index in [1.807, 2.05) is 0 Å². The molecule has 1 fully saturated rings. The fraction of sp³-hybridized carbons (Fsp3) is 0.423. The molecule has 0 spiro atoms. The van der Waals surface area contributed by atoms with Gasteiger partial charge in [-0.15, -0.1) is 0 Å². The van der Waals surface area contributed by atoms with Gasteiger partial charge >= 0.3 is 12.2 Å². The van der Waals surface area contributed by atoms with Crippen molar-refractivity contribution >= 4 is 29.4 Å². The van der Waals surface area contributed by atoms with Crippen LogP contribution in [0.2, 0.25) is 0 Å². The molecule has 218 valence electrons. The van der Waals surface area contributed by atoms with Gasteiger partial charge in [0.15, 0.2) is 0 Å². The molecule has 0 radical (unpaired) electrons. The lowest BCUT2D eigenvalue weighted by Gasteiger charge is -2.34. The van der Waals surface area contributed by atoms with Gasteiger partial charge in [-0.05, 0) is 37.1 Å². The van der Waals surface area contributed by atoms with E-state index >= 15 is 0 Å². The van der Waals surface area contributed by atoms with Crippen molar-refractivity contribution in [3.8, 4) is 0 Å². The van der Waals surface area contributed by atoms with Gasteiger partial charge < -0.3 is 15.6 Å². The third kappa shape index (κ3) is 7.04. The van der Waals surface area contributed by atoms with Gasteiger partial charge in [-0.25, -0.2) is 9.18 Å². The molecule has 1 saturated heterocycles. The first-order chi connectivity index (χ1) is 18.7. The Bertz CT molecular complexity index is 1290. The molecular formula is C26H31F4N5O5. The van der Waals surface area contributed by atoms with Crippen LogP contribution in [0.4, 0.5) is 28.0 Å². The van der Waals surface area contributed by atoms with Crippen molar-refractivity contribution in [2.75, 3.05) is 25.0 Å². The number of imide groups is 1. The fourth-order valence-electron chi connectivity index (χ4n) is 4.03. The number of carbonyl (C=O) groups excluding carboxylic acids is 4. The molecule has 1 aliphatic heterocycles. The minimum atomic E-state index is -4.79. The molecule has 2 heterocycles. The van der Waals surface area contributed by atoms with E-state index in [4.69, 9.17) is 0 Å². The number of carbonyl (C=O) groups is 4. The zero-order valence-corrected chi connectivity index (χ0v) is 22.4. The van der Waals surface area contributed by atoms with Crippen LogP contribution >= 0.6 is 0 Å². The molecule has 14 heteroatoms. The first-order valence-corrected chi connectivity index (χ1v) is 12.5. The number of alkyl halides is 3. The summed E-state index contributed by atoms with van der Waals surface area (Å²) in [4.78, 5) is 66.2. The fourth-order valence-corrected chi connectivity index (χ4v) is 4.03. The van der Waals surface area contributed by atoms with Gasteiger partial charge in [-0.3, -0.25) is 29.0 Å². The molecule has 1 aliphatic rings. The molecule has 1 atom stereocenters. The molecule has 10 nitrogen and oxygen atoms in total. The molecule has 3 N–H and O–H groups in total. The molecule has 2 aromatic rings. The van der Waals surface area contributed by atoms with Crippen LogP contribution in [0.5, 0.6) is 0 Å². The number of aromatic nitrogens is 1. The van der Waals surface area contributed by atoms with E-state index in [1.165, 1.54) is 36.7 Å². The Kier molecular flexibility index (Phi) is 10.6. The second-order valence-electron chi connectivity index (χ2n) is 8.96. The minimum Gasteiger partial charge on any atom is -0.354 e. The summed E-state index contributed by atoms with van der Waals surface area (Å²) < 4.78 is 52.4. The third-order valence-corrected chi connectivity index (χ3v) is 6.03. The van der Waals surface area contributed by atoms with E-state index < -0.39 is 64.5 Å². The zero-order chi connectivity index (χ0) is 30.3. The van der Waals surface area contributed by atoms with E-state index in [9.17, 15) is 41.5 Å². The topological polar surface area (TPSA) is 132 Å². The molecule has 0 saturated carbocycles. The van der Waals surface area contributed by atoms with Crippen molar-refractivity contribution in [1.29, 1.82) is 0 Å². The number of amides is 5. The number of benzene rings is 1. The average molecular weight is 570 g/mol. The van der Waals surface area contributed by atoms with Gasteiger partial charge in [0.2, 0.25) is 11.5 Å². The number of urea groups is 1. The maximum atomic E-state index is 13.9. The highest BCUT2D eigenvalue weighted by molar-refractivity contribution is 6.16. The van der Waals surface area contributed by atoms with E-state index in [0.29, 0.717) is 18.2 Å². The molecule has 5 amide bonds. The van der Waals surface area contributed by atoms with Gasteiger partial charge in [-0.1, -0.05) is 27.2 Å². The van der Waals surface area contributed by atoms with Crippen LogP contribution in [-0.2, 0) is 15.8 Å². The number of likely N-dealkylation sites (N-methyl/N-ethyl adjacent to an activating group) is 1. The maximum Gasteiger partial charge on any atom is 0.416 e. The second-order valence-corrected chi connectivity index (χ2v) is 8.96. The number of hydrogen-bond acceptors (Lipinski definition) is 5. The molecule has 1 aromatic carbocycles. The highest BCUT2D eigenvalue weighted by Gasteiger charge is 2.55. The first-order valence-electron chi connectivity index (χ1n) is 12.5. The van der Waals surface area contributed by atoms with E-state index in [2.05, 4.69) is 29.5 Å². The summed E-state index contributed by atoms with van der Waals surface area (Å²) in [6, 6.07) is 3.30. The number of anilines is 1. The van der Waals surface area contributed by atoms with Crippen LogP contribution in [0.15, 0.2) is 41.3 Å². The highest BCUT2D eigenvalue weighted by Crippen LogP contribution is 2.37. The highest BCUT2D eigenvalue weighted by atomic mass is 19.4. The van der Waals surface area contributed by atoms with Crippen LogP contribution < -0.4 is 21.1 Å². The summed E-state index contributed by atoms with van der Waals surface area (Å²) in [5, 5.41) is 4.51. The molecule has 40 heavy (non-hydrogen) atoms. The third-order valence-electron chi connectivity index (χ3n) is 6.03. The summed E-state index contributed by atoms with van der Waals surface area (Å²) in [7, 11) is 1.31. The number of aromatic amines is 1. The summed E-state index contributed by atoms with van der Waals surface area (Å²) in [5.74, 6) is -3.68. The predicted molar refractivity (Wildman–Crippen MR) is 138 cm³/mol. The van der Waals surface area contributed by atoms with Gasteiger partial charge in [0.25, 0.3) is 11.8 Å². The number of H-pyrrole nitrogens is 1. The lowest BCUT2D eigenvalue weighted by molar-refractivity contribution is -0.137. The number of rotatable bonds is 8. The van der Waals surface area contributed by atoms with E-state index in [-0.39, 0.29) is 25.1 Å². The summed E-state index contributed by atoms with van der Waals surface area (Å²) in [5.41, 5.74) is -3.60. The van der Waals surface area contributed by atoms with E-state index in [1.54, 1.807) is 6.92 Å². The van der Waals surface area contributed by atoms with Crippen LogP contribution in [0.25, 0.3) is 0 Å². The summed E-state index contributed by atoms with van der Waals surface area (Å²) >= 11 is 0. The number of nitrogens with one attached hydrogen (secondary N) is 3. The van der Waals surface area contributed by atoms with Crippen molar-refractivity contribution in [2.24, 2.45) is 0 Å². The van der Waals surface area contributed by atoms with Crippen LogP contribution in [0.3, 0.4) is 0 Å². The van der Waals surface area contributed by atoms with Crippen LogP contribution in [-0.4, -0.2) is 59.3 Å². The Morgan fingerprint density at radius 3 is 2.23 bits per heavy atom. The zero-order valence-electron chi connectivity index (χ0n) is 22.4. The molecule has 1 aromatic heterocycles. The number of nitrogens with zero attached hydrogens (tertiary/aromatic N) is 2. The lowest BCUT2D eigenvalue weighted by atomic mass is 9.89. The Morgan fingerprint density at radius 2 is 1.68 bits per heavy atom. The largest absolute Gasteiger partial charge is 0.416 e. The standard InChI is InChI=1S/C23H23F4N5O5.C3H8/c1-3-22(20(36)31(2)21(37)32(22)14-5-7-17(33)29-11-14)8-9-28-18(34)12-30-19(35)15-10-13(23(25,26)27)4-6-16(15)24;1-3-2/h4-7,10-11H,3,8-9,12H2,1-2H3,(H,28,34)(H,29,33)(H,30,35);3H2,1-2H3. The van der Waals surface area contributed by atoms with Crippen molar-refractivity contribution in [2.45, 2.75) is 51.7 Å². The normalized spacial score (nSPS) is 16.9. The Labute approximate surface area is 227 Å². The summed E-state index contributed by atoms with van der Waals surface area (Å²) in [6.45, 7) is 5.13. The molecule has 0 aliphatic carbocycles. The van der Waals surface area contributed by atoms with Crippen molar-refractivity contribution in [1.82, 2.24) is 20.5 Å². The SMILES string of the molecule is CCC.CCC1(CCNC(=O)CNC(=O)c2cc(C(F)(F)F)ccc2F)C(=O)N(C)C(=O)N1c1ccc(=O)[nH]c1. The summed E-state index contributed by atoms with van der Waals surface area (Å²) in [6.07, 6.45) is -2.11. The Hall–Kier alpha value is -4.23. The number of halogens is 4.